The molecule has 0 aliphatic carbocycles. The van der Waals surface area contributed by atoms with Crippen LogP contribution in [0.2, 0.25) is 0 Å². The Kier molecular flexibility index (Phi) is 5.91. The van der Waals surface area contributed by atoms with Crippen LogP contribution >= 0.6 is 24.8 Å². The average Bonchev–Trinajstić information content (AvgIpc) is 2.41. The van der Waals surface area contributed by atoms with Crippen molar-refractivity contribution in [2.75, 3.05) is 26.2 Å². The third-order valence-electron chi connectivity index (χ3n) is 3.96. The van der Waals surface area contributed by atoms with E-state index in [1.807, 2.05) is 20.8 Å². The van der Waals surface area contributed by atoms with Gasteiger partial charge in [0.05, 0.1) is 0 Å². The Bertz CT molecular complexity index is 357. The lowest BCUT2D eigenvalue weighted by Gasteiger charge is -2.40. The molecule has 0 saturated carbocycles. The fourth-order valence-corrected chi connectivity index (χ4v) is 4.38. The van der Waals surface area contributed by atoms with Gasteiger partial charge in [0.15, 0.2) is 12.1 Å². The number of ether oxygens (including phenoxy) is 1. The summed E-state index contributed by atoms with van der Waals surface area (Å²) in [6.07, 6.45) is 5.57. The van der Waals surface area contributed by atoms with E-state index in [4.69, 9.17) is 4.74 Å². The maximum atomic E-state index is 12.8. The minimum atomic E-state index is -0.418. The van der Waals surface area contributed by atoms with Gasteiger partial charge in [-0.25, -0.2) is 0 Å². The SMILES string of the molecule is CC(C)(C)OC(=O)[N+]1(SN2CCC(S)CC2)CCCCC1. The van der Waals surface area contributed by atoms with E-state index in [2.05, 4.69) is 16.9 Å². The Balaban J connectivity index is 2.04. The Morgan fingerprint density at radius 3 is 2.29 bits per heavy atom. The number of rotatable bonds is 2. The second kappa shape index (κ2) is 7.11. The first-order valence-corrected chi connectivity index (χ1v) is 9.29. The predicted octanol–water partition coefficient (Wildman–Crippen LogP) is 3.88. The number of hydrogen-bond donors (Lipinski definition) is 1. The van der Waals surface area contributed by atoms with Crippen LogP contribution in [0, 0.1) is 0 Å². The fraction of sp³-hybridized carbons (Fsp3) is 0.933. The van der Waals surface area contributed by atoms with E-state index in [9.17, 15) is 4.79 Å². The average molecular weight is 334 g/mol. The summed E-state index contributed by atoms with van der Waals surface area (Å²) in [5, 5.41) is 0.512. The predicted molar refractivity (Wildman–Crippen MR) is 91.3 cm³/mol. The Morgan fingerprint density at radius 2 is 1.76 bits per heavy atom. The molecule has 2 fully saturated rings. The number of thiol groups is 1. The summed E-state index contributed by atoms with van der Waals surface area (Å²) in [6.45, 7) is 9.65. The molecule has 0 radical (unpaired) electrons. The summed E-state index contributed by atoms with van der Waals surface area (Å²) in [4.78, 5) is 12.8. The lowest BCUT2D eigenvalue weighted by molar-refractivity contribution is -0.730. The van der Waals surface area contributed by atoms with Crippen molar-refractivity contribution in [2.24, 2.45) is 0 Å². The lowest BCUT2D eigenvalue weighted by atomic mass is 10.1. The molecule has 2 aliphatic rings. The van der Waals surface area contributed by atoms with E-state index in [1.165, 1.54) is 6.42 Å². The molecule has 0 spiro atoms. The van der Waals surface area contributed by atoms with Crippen molar-refractivity contribution in [1.29, 1.82) is 0 Å². The van der Waals surface area contributed by atoms with Gasteiger partial charge in [-0.3, -0.25) is 0 Å². The topological polar surface area (TPSA) is 29.5 Å². The molecular formula is C15H29N2O2S2+. The Morgan fingerprint density at radius 1 is 1.19 bits per heavy atom. The van der Waals surface area contributed by atoms with Crippen molar-refractivity contribution >= 4 is 30.9 Å². The molecule has 0 aromatic heterocycles. The first-order chi connectivity index (χ1) is 9.81. The highest BCUT2D eigenvalue weighted by Gasteiger charge is 2.46. The smallest absolute Gasteiger partial charge is 0.414 e. The molecule has 21 heavy (non-hydrogen) atoms. The van der Waals surface area contributed by atoms with Gasteiger partial charge in [-0.1, -0.05) is 0 Å². The molecule has 0 aromatic rings. The molecule has 0 bridgehead atoms. The van der Waals surface area contributed by atoms with Gasteiger partial charge >= 0.3 is 6.09 Å². The van der Waals surface area contributed by atoms with E-state index in [0.717, 1.165) is 51.9 Å². The van der Waals surface area contributed by atoms with Gasteiger partial charge in [0.2, 0.25) is 0 Å². The van der Waals surface area contributed by atoms with E-state index in [-0.39, 0.29) is 6.09 Å². The normalized spacial score (nSPS) is 24.8. The van der Waals surface area contributed by atoms with Crippen molar-refractivity contribution in [1.82, 2.24) is 4.31 Å². The van der Waals surface area contributed by atoms with Crippen LogP contribution in [0.1, 0.15) is 52.9 Å². The van der Waals surface area contributed by atoms with Crippen LogP contribution in [0.15, 0.2) is 0 Å². The molecule has 1 amide bonds. The second-order valence-corrected chi connectivity index (χ2v) is 9.23. The van der Waals surface area contributed by atoms with Gasteiger partial charge in [-0.15, -0.1) is 3.89 Å². The summed E-state index contributed by atoms with van der Waals surface area (Å²) in [5.74, 6) is 0. The molecule has 0 N–H and O–H groups in total. The van der Waals surface area contributed by atoms with Gasteiger partial charge < -0.3 is 4.74 Å². The molecule has 6 heteroatoms. The van der Waals surface area contributed by atoms with Gasteiger partial charge in [0, 0.05) is 18.3 Å². The lowest BCUT2D eigenvalue weighted by Crippen LogP contribution is -2.54. The zero-order valence-corrected chi connectivity index (χ0v) is 15.2. The summed E-state index contributed by atoms with van der Waals surface area (Å²) >= 11 is 6.25. The molecule has 2 aliphatic heterocycles. The molecule has 4 nitrogen and oxygen atoms in total. The zero-order chi connectivity index (χ0) is 15.5. The summed E-state index contributed by atoms with van der Waals surface area (Å²) in [6, 6.07) is 0. The van der Waals surface area contributed by atoms with Crippen LogP contribution in [0.25, 0.3) is 0 Å². The first-order valence-electron chi connectivity index (χ1n) is 8.04. The van der Waals surface area contributed by atoms with E-state index in [1.54, 1.807) is 12.1 Å². The minimum absolute atomic E-state index is 0.0693. The van der Waals surface area contributed by atoms with Crippen molar-refractivity contribution in [3.63, 3.8) is 0 Å². The summed E-state index contributed by atoms with van der Waals surface area (Å²) < 4.78 is 8.47. The zero-order valence-electron chi connectivity index (χ0n) is 13.5. The van der Waals surface area contributed by atoms with Gasteiger partial charge in [-0.2, -0.15) is 21.7 Å². The van der Waals surface area contributed by atoms with E-state index < -0.39 is 5.60 Å². The number of carbonyl (C=O) groups excluding carboxylic acids is 1. The molecule has 0 atom stereocenters. The number of piperidine rings is 2. The maximum absolute atomic E-state index is 12.8. The molecule has 2 rings (SSSR count). The molecule has 2 heterocycles. The van der Waals surface area contributed by atoms with E-state index in [0.29, 0.717) is 9.14 Å². The van der Waals surface area contributed by atoms with Crippen LogP contribution in [-0.2, 0) is 4.74 Å². The Labute approximate surface area is 138 Å². The molecule has 0 unspecified atom stereocenters. The third-order valence-corrected chi connectivity index (χ3v) is 5.90. The highest BCUT2D eigenvalue weighted by atomic mass is 32.2. The number of carbonyl (C=O) groups is 1. The van der Waals surface area contributed by atoms with Crippen LogP contribution in [0.4, 0.5) is 4.79 Å². The molecule has 0 aromatic carbocycles. The second-order valence-electron chi connectivity index (χ2n) is 7.12. The largest absolute Gasteiger partial charge is 0.529 e. The first kappa shape index (κ1) is 17.4. The van der Waals surface area contributed by atoms with Crippen molar-refractivity contribution in [3.8, 4) is 0 Å². The maximum Gasteiger partial charge on any atom is 0.529 e. The molecule has 2 saturated heterocycles. The van der Waals surface area contributed by atoms with Crippen LogP contribution in [-0.4, -0.2) is 51.3 Å². The number of nitrogens with zero attached hydrogens (tertiary/aromatic N) is 2. The van der Waals surface area contributed by atoms with Crippen LogP contribution in [0.3, 0.4) is 0 Å². The van der Waals surface area contributed by atoms with Gasteiger partial charge in [0.1, 0.15) is 18.7 Å². The molecule has 122 valence electrons. The monoisotopic (exact) mass is 333 g/mol. The number of amides is 1. The number of hydrogen-bond acceptors (Lipinski definition) is 5. The summed E-state index contributed by atoms with van der Waals surface area (Å²) in [7, 11) is 0. The van der Waals surface area contributed by atoms with Crippen LogP contribution in [0.5, 0.6) is 0 Å². The minimum Gasteiger partial charge on any atom is -0.414 e. The Hall–Kier alpha value is 0.0900. The van der Waals surface area contributed by atoms with Crippen molar-refractivity contribution < 1.29 is 13.4 Å². The number of quaternary nitrogens is 1. The van der Waals surface area contributed by atoms with Crippen molar-refractivity contribution in [3.05, 3.63) is 0 Å². The van der Waals surface area contributed by atoms with Gasteiger partial charge in [-0.05, 0) is 52.9 Å². The van der Waals surface area contributed by atoms with Crippen molar-refractivity contribution in [2.45, 2.75) is 63.7 Å². The highest BCUT2D eigenvalue weighted by molar-refractivity contribution is 7.91. The molecular weight excluding hydrogens is 304 g/mol. The van der Waals surface area contributed by atoms with Crippen LogP contribution < -0.4 is 0 Å². The van der Waals surface area contributed by atoms with Gasteiger partial charge in [0.25, 0.3) is 0 Å². The van der Waals surface area contributed by atoms with E-state index >= 15 is 0 Å². The third kappa shape index (κ3) is 5.05. The fourth-order valence-electron chi connectivity index (χ4n) is 2.81. The highest BCUT2D eigenvalue weighted by Crippen LogP contribution is 2.36. The quantitative estimate of drug-likeness (QED) is 0.472. The summed E-state index contributed by atoms with van der Waals surface area (Å²) in [5.41, 5.74) is -0.418. The standard InChI is InChI=1S/C15H28N2O2S2/c1-15(2,3)19-14(18)17(11-5-4-6-12-17)21-16-9-7-13(20)8-10-16/h13H,4-12H2,1-3H3/p+1. The number of likely N-dealkylation sites (tertiary alicyclic amines) is 1.